The normalized spacial score (nSPS) is 11.9. The lowest BCUT2D eigenvalue weighted by atomic mass is 10.1. The molecule has 1 atom stereocenters. The maximum absolute atomic E-state index is 13.5. The molecule has 0 radical (unpaired) electrons. The third-order valence-electron chi connectivity index (χ3n) is 4.70. The number of aromatic nitrogens is 6. The minimum absolute atomic E-state index is 0.0336. The number of benzene rings is 1. The summed E-state index contributed by atoms with van der Waals surface area (Å²) >= 11 is 3.44. The zero-order valence-electron chi connectivity index (χ0n) is 16.3. The Kier molecular flexibility index (Phi) is 5.26. The SMILES string of the molecule is CCC(Nc1nc(N)nc(N)c1C#N)c1nc2cccc(Br)c2c(=O)n1-c1ccn[nH]1. The van der Waals surface area contributed by atoms with E-state index in [2.05, 4.69) is 41.4 Å². The van der Waals surface area contributed by atoms with Crippen LogP contribution in [0.5, 0.6) is 0 Å². The van der Waals surface area contributed by atoms with Crippen LogP contribution in [0.15, 0.2) is 39.7 Å². The zero-order valence-corrected chi connectivity index (χ0v) is 17.9. The van der Waals surface area contributed by atoms with Crippen molar-refractivity contribution in [2.24, 2.45) is 0 Å². The summed E-state index contributed by atoms with van der Waals surface area (Å²) in [7, 11) is 0. The lowest BCUT2D eigenvalue weighted by Gasteiger charge is -2.22. The highest BCUT2D eigenvalue weighted by Gasteiger charge is 2.23. The van der Waals surface area contributed by atoms with Crippen LogP contribution < -0.4 is 22.3 Å². The van der Waals surface area contributed by atoms with Crippen LogP contribution in [-0.4, -0.2) is 29.7 Å². The van der Waals surface area contributed by atoms with Gasteiger partial charge in [0.1, 0.15) is 29.1 Å². The summed E-state index contributed by atoms with van der Waals surface area (Å²) in [5, 5.41) is 19.9. The number of nitrogens with two attached hydrogens (primary N) is 2. The summed E-state index contributed by atoms with van der Waals surface area (Å²) in [5.74, 6) is 0.914. The van der Waals surface area contributed by atoms with Crippen molar-refractivity contribution in [1.29, 1.82) is 5.26 Å². The van der Waals surface area contributed by atoms with Crippen LogP contribution in [0.1, 0.15) is 30.8 Å². The number of H-pyrrole nitrogens is 1. The van der Waals surface area contributed by atoms with Crippen molar-refractivity contribution in [3.8, 4) is 11.9 Å². The molecule has 0 aliphatic heterocycles. The number of nitrogens with one attached hydrogen (secondary N) is 2. The molecule has 1 aromatic carbocycles. The summed E-state index contributed by atoms with van der Waals surface area (Å²) < 4.78 is 2.08. The summed E-state index contributed by atoms with van der Waals surface area (Å²) in [4.78, 5) is 26.2. The van der Waals surface area contributed by atoms with E-state index in [9.17, 15) is 10.1 Å². The Morgan fingerprint density at radius 1 is 1.29 bits per heavy atom. The van der Waals surface area contributed by atoms with Gasteiger partial charge in [-0.3, -0.25) is 9.89 Å². The van der Waals surface area contributed by atoms with E-state index in [1.165, 1.54) is 4.57 Å². The van der Waals surface area contributed by atoms with E-state index < -0.39 is 6.04 Å². The van der Waals surface area contributed by atoms with E-state index in [1.54, 1.807) is 30.5 Å². The number of hydrogen-bond acceptors (Lipinski definition) is 9. The number of aromatic amines is 1. The fourth-order valence-electron chi connectivity index (χ4n) is 3.27. The van der Waals surface area contributed by atoms with E-state index in [1.807, 2.05) is 13.0 Å². The molecule has 0 bridgehead atoms. The van der Waals surface area contributed by atoms with Crippen LogP contribution in [0.25, 0.3) is 16.7 Å². The minimum Gasteiger partial charge on any atom is -0.382 e. The van der Waals surface area contributed by atoms with E-state index in [0.717, 1.165) is 0 Å². The molecule has 31 heavy (non-hydrogen) atoms. The van der Waals surface area contributed by atoms with E-state index >= 15 is 0 Å². The molecule has 156 valence electrons. The predicted molar refractivity (Wildman–Crippen MR) is 119 cm³/mol. The monoisotopic (exact) mass is 480 g/mol. The van der Waals surface area contributed by atoms with Gasteiger partial charge in [0.05, 0.1) is 23.1 Å². The van der Waals surface area contributed by atoms with Gasteiger partial charge in [-0.05, 0) is 34.5 Å². The maximum atomic E-state index is 13.5. The first-order chi connectivity index (χ1) is 14.9. The fourth-order valence-corrected chi connectivity index (χ4v) is 3.80. The Hall–Kier alpha value is -3.98. The molecule has 12 heteroatoms. The van der Waals surface area contributed by atoms with Crippen LogP contribution in [0.4, 0.5) is 17.6 Å². The molecule has 0 aliphatic carbocycles. The van der Waals surface area contributed by atoms with E-state index in [0.29, 0.717) is 33.4 Å². The second-order valence-corrected chi connectivity index (χ2v) is 7.45. The molecule has 0 spiro atoms. The van der Waals surface area contributed by atoms with Crippen LogP contribution >= 0.6 is 15.9 Å². The van der Waals surface area contributed by atoms with Crippen LogP contribution in [-0.2, 0) is 0 Å². The highest BCUT2D eigenvalue weighted by Crippen LogP contribution is 2.28. The summed E-state index contributed by atoms with van der Waals surface area (Å²) in [5.41, 5.74) is 11.9. The van der Waals surface area contributed by atoms with Crippen molar-refractivity contribution < 1.29 is 0 Å². The van der Waals surface area contributed by atoms with Crippen molar-refractivity contribution in [2.75, 3.05) is 16.8 Å². The van der Waals surface area contributed by atoms with Crippen LogP contribution in [0.2, 0.25) is 0 Å². The number of nitrogen functional groups attached to an aromatic ring is 2. The first kappa shape index (κ1) is 20.3. The van der Waals surface area contributed by atoms with E-state index in [-0.39, 0.29) is 28.7 Å². The topological polar surface area (TPSA) is 177 Å². The van der Waals surface area contributed by atoms with Crippen molar-refractivity contribution in [3.63, 3.8) is 0 Å². The largest absolute Gasteiger partial charge is 0.382 e. The molecule has 1 unspecified atom stereocenters. The highest BCUT2D eigenvalue weighted by atomic mass is 79.9. The van der Waals surface area contributed by atoms with Gasteiger partial charge in [0.15, 0.2) is 5.82 Å². The zero-order chi connectivity index (χ0) is 22.1. The molecule has 4 rings (SSSR count). The number of rotatable bonds is 5. The molecule has 0 saturated heterocycles. The third kappa shape index (κ3) is 3.55. The molecule has 0 amide bonds. The van der Waals surface area contributed by atoms with Crippen molar-refractivity contribution >= 4 is 44.4 Å². The lowest BCUT2D eigenvalue weighted by Crippen LogP contribution is -2.29. The lowest BCUT2D eigenvalue weighted by molar-refractivity contribution is 0.652. The number of anilines is 3. The van der Waals surface area contributed by atoms with Gasteiger partial charge in [-0.1, -0.05) is 13.0 Å². The van der Waals surface area contributed by atoms with Crippen molar-refractivity contribution in [1.82, 2.24) is 29.7 Å². The van der Waals surface area contributed by atoms with Crippen molar-refractivity contribution in [2.45, 2.75) is 19.4 Å². The Labute approximate surface area is 184 Å². The van der Waals surface area contributed by atoms with Crippen LogP contribution in [0, 0.1) is 11.3 Å². The number of fused-ring (bicyclic) bond motifs is 1. The Bertz CT molecular complexity index is 1370. The van der Waals surface area contributed by atoms with Gasteiger partial charge < -0.3 is 16.8 Å². The quantitative estimate of drug-likeness (QED) is 0.333. The Morgan fingerprint density at radius 2 is 2.10 bits per heavy atom. The molecule has 11 nitrogen and oxygen atoms in total. The third-order valence-corrected chi connectivity index (χ3v) is 5.36. The number of nitriles is 1. The summed E-state index contributed by atoms with van der Waals surface area (Å²) in [6, 6.07) is 8.48. The second kappa shape index (κ2) is 8.04. The fraction of sp³-hybridized carbons (Fsp3) is 0.158. The smallest absolute Gasteiger partial charge is 0.268 e. The van der Waals surface area contributed by atoms with Crippen molar-refractivity contribution in [3.05, 3.63) is 56.7 Å². The van der Waals surface area contributed by atoms with Gasteiger partial charge in [0, 0.05) is 10.5 Å². The average Bonchev–Trinajstić information content (AvgIpc) is 3.25. The predicted octanol–water partition coefficient (Wildman–Crippen LogP) is 2.26. The first-order valence-corrected chi connectivity index (χ1v) is 10.0. The van der Waals surface area contributed by atoms with Gasteiger partial charge >= 0.3 is 0 Å². The molecule has 0 saturated carbocycles. The minimum atomic E-state index is -0.514. The van der Waals surface area contributed by atoms with Crippen LogP contribution in [0.3, 0.4) is 0 Å². The average molecular weight is 481 g/mol. The number of halogens is 1. The molecule has 0 aliphatic rings. The first-order valence-electron chi connectivity index (χ1n) is 9.25. The van der Waals surface area contributed by atoms with E-state index in [4.69, 9.17) is 16.5 Å². The molecule has 3 aromatic heterocycles. The number of hydrogen-bond donors (Lipinski definition) is 4. The molecular formula is C19H17BrN10O. The van der Waals surface area contributed by atoms with Gasteiger partial charge in [-0.15, -0.1) is 0 Å². The second-order valence-electron chi connectivity index (χ2n) is 6.59. The molecule has 6 N–H and O–H groups in total. The highest BCUT2D eigenvalue weighted by molar-refractivity contribution is 9.10. The van der Waals surface area contributed by atoms with Gasteiger partial charge in [-0.2, -0.15) is 20.3 Å². The Balaban J connectivity index is 1.95. The van der Waals surface area contributed by atoms with Gasteiger partial charge in [0.2, 0.25) is 5.95 Å². The molecule has 3 heterocycles. The Morgan fingerprint density at radius 3 is 2.77 bits per heavy atom. The summed E-state index contributed by atoms with van der Waals surface area (Å²) in [6.07, 6.45) is 2.05. The molecule has 4 aromatic rings. The molecule has 0 fully saturated rings. The summed E-state index contributed by atoms with van der Waals surface area (Å²) in [6.45, 7) is 1.91. The standard InChI is InChI=1S/C19H17BrN10O/c1-2-11(25-16-9(8-21)15(22)27-19(23)28-16)17-26-12-5-3-4-10(20)14(12)18(31)30(17)13-6-7-24-29-13/h3-7,11H,2H2,1H3,(H,24,29)(H5,22,23,25,27,28). The molecular weight excluding hydrogens is 464 g/mol. The number of nitrogens with zero attached hydrogens (tertiary/aromatic N) is 6. The van der Waals surface area contributed by atoms with Gasteiger partial charge in [-0.25, -0.2) is 9.55 Å². The van der Waals surface area contributed by atoms with Gasteiger partial charge in [0.25, 0.3) is 5.56 Å². The maximum Gasteiger partial charge on any atom is 0.268 e.